The van der Waals surface area contributed by atoms with E-state index in [0.29, 0.717) is 0 Å². The molecule has 2 aliphatic heterocycles. The van der Waals surface area contributed by atoms with E-state index >= 15 is 0 Å². The molecule has 0 radical (unpaired) electrons. The number of allylic oxidation sites excluding steroid dienone is 1. The molecule has 7 aromatic rings. The van der Waals surface area contributed by atoms with E-state index in [9.17, 15) is 0 Å². The van der Waals surface area contributed by atoms with E-state index in [2.05, 4.69) is 198 Å². The lowest BCUT2D eigenvalue weighted by Gasteiger charge is -2.23. The molecule has 2 aromatic heterocycles. The van der Waals surface area contributed by atoms with Crippen molar-refractivity contribution in [2.45, 2.75) is 78.1 Å². The molecule has 54 heavy (non-hydrogen) atoms. The van der Waals surface area contributed by atoms with Crippen LogP contribution >= 0.6 is 0 Å². The van der Waals surface area contributed by atoms with Crippen molar-refractivity contribution in [3.63, 3.8) is 0 Å². The number of aromatic nitrogens is 2. The second kappa shape index (κ2) is 11.2. The summed E-state index contributed by atoms with van der Waals surface area (Å²) >= 11 is 0. The summed E-state index contributed by atoms with van der Waals surface area (Å²) in [6.07, 6.45) is 5.52. The highest BCUT2D eigenvalue weighted by atomic mass is 15.1. The van der Waals surface area contributed by atoms with Crippen molar-refractivity contribution in [2.24, 2.45) is 0 Å². The molecule has 0 fully saturated rings. The predicted molar refractivity (Wildman–Crippen MR) is 224 cm³/mol. The van der Waals surface area contributed by atoms with Crippen molar-refractivity contribution in [3.8, 4) is 44.8 Å². The molecule has 1 aliphatic carbocycles. The number of fused-ring (bicyclic) bond motifs is 11. The fraction of sp³-hybridized carbons (Fsp3) is 0.231. The lowest BCUT2D eigenvalue weighted by atomic mass is 9.79. The molecule has 0 bridgehead atoms. The average Bonchev–Trinajstić information content (AvgIpc) is 3.60. The standard InChI is InChI=1S/C52H48N2/c1-50(2,3)36-22-24-53-45(28-36)40-26-34(32-14-10-9-11-15-32)18-19-35(40)27-47(53)49-43-30-41-39-21-20-33-16-12-13-17-38(33)48(39)52(7,8)44(41)31-42(43)46-29-37(51(4,5)6)23-25-54(46)49/h9-26,28-31H,27H2,1-8H3/q+2/b49-47+. The van der Waals surface area contributed by atoms with Crippen molar-refractivity contribution in [2.75, 3.05) is 0 Å². The molecule has 5 aromatic carbocycles. The van der Waals surface area contributed by atoms with Gasteiger partial charge in [0.05, 0.1) is 23.1 Å². The zero-order valence-electron chi connectivity index (χ0n) is 32.8. The van der Waals surface area contributed by atoms with Gasteiger partial charge in [-0.15, -0.1) is 0 Å². The van der Waals surface area contributed by atoms with Crippen molar-refractivity contribution in [1.29, 1.82) is 0 Å². The molecule has 0 saturated heterocycles. The van der Waals surface area contributed by atoms with Crippen molar-refractivity contribution < 1.29 is 9.13 Å². The van der Waals surface area contributed by atoms with Gasteiger partial charge in [0.1, 0.15) is 0 Å². The maximum Gasteiger partial charge on any atom is 0.287 e. The average molecular weight is 701 g/mol. The van der Waals surface area contributed by atoms with Crippen LogP contribution in [0.5, 0.6) is 0 Å². The van der Waals surface area contributed by atoms with Crippen LogP contribution in [0.15, 0.2) is 134 Å². The Morgan fingerprint density at radius 3 is 1.91 bits per heavy atom. The third-order valence-corrected chi connectivity index (χ3v) is 12.5. The number of rotatable bonds is 1. The van der Waals surface area contributed by atoms with Gasteiger partial charge in [0.25, 0.3) is 11.4 Å². The minimum atomic E-state index is -0.131. The van der Waals surface area contributed by atoms with E-state index in [-0.39, 0.29) is 16.2 Å². The summed E-state index contributed by atoms with van der Waals surface area (Å²) in [6, 6.07) is 46.2. The van der Waals surface area contributed by atoms with Crippen LogP contribution in [-0.4, -0.2) is 0 Å². The van der Waals surface area contributed by atoms with Gasteiger partial charge in [-0.05, 0) is 89.9 Å². The summed E-state index contributed by atoms with van der Waals surface area (Å²) in [5.74, 6) is 0. The number of pyridine rings is 2. The first-order valence-electron chi connectivity index (χ1n) is 19.6. The normalized spacial score (nSPS) is 16.4. The third kappa shape index (κ3) is 4.78. The largest absolute Gasteiger partial charge is 0.287 e. The van der Waals surface area contributed by atoms with Gasteiger partial charge >= 0.3 is 0 Å². The van der Waals surface area contributed by atoms with Gasteiger partial charge < -0.3 is 0 Å². The summed E-state index contributed by atoms with van der Waals surface area (Å²) in [5, 5.41) is 2.67. The van der Waals surface area contributed by atoms with E-state index in [1.807, 2.05) is 0 Å². The Labute approximate surface area is 320 Å². The molecule has 4 heterocycles. The smallest absolute Gasteiger partial charge is 0.158 e. The van der Waals surface area contributed by atoms with Crippen LogP contribution in [0.2, 0.25) is 0 Å². The van der Waals surface area contributed by atoms with Gasteiger partial charge in [0, 0.05) is 29.7 Å². The number of hydrogen-bond donors (Lipinski definition) is 0. The number of nitrogens with zero attached hydrogens (tertiary/aromatic N) is 2. The second-order valence-corrected chi connectivity index (χ2v) is 18.3. The first kappa shape index (κ1) is 33.0. The lowest BCUT2D eigenvalue weighted by Crippen LogP contribution is -2.44. The SMILES string of the molecule is CC(C)(C)c1cc[n+]2c(c1)-c1cc(-c3ccccc3)ccc1C/C2=C1/c2cc3c(cc2-c2cc(C(C)(C)C)cc[n+]21)C(C)(C)c1c-3ccc2ccccc12. The van der Waals surface area contributed by atoms with Crippen molar-refractivity contribution >= 4 is 22.2 Å². The maximum absolute atomic E-state index is 2.54. The van der Waals surface area contributed by atoms with E-state index in [0.717, 1.165) is 6.42 Å². The Morgan fingerprint density at radius 2 is 1.19 bits per heavy atom. The zero-order chi connectivity index (χ0) is 37.3. The van der Waals surface area contributed by atoms with Crippen LogP contribution in [0.4, 0.5) is 0 Å². The number of hydrogen-bond acceptors (Lipinski definition) is 0. The molecular weight excluding hydrogens is 653 g/mol. The van der Waals surface area contributed by atoms with Crippen molar-refractivity contribution in [1.82, 2.24) is 0 Å². The first-order valence-corrected chi connectivity index (χ1v) is 19.6. The quantitative estimate of drug-likeness (QED) is 0.151. The minimum absolute atomic E-state index is 0.0210. The summed E-state index contributed by atoms with van der Waals surface area (Å²) < 4.78 is 5.00. The fourth-order valence-corrected chi connectivity index (χ4v) is 9.50. The Hall–Kier alpha value is -5.60. The van der Waals surface area contributed by atoms with Crippen LogP contribution in [-0.2, 0) is 22.7 Å². The lowest BCUT2D eigenvalue weighted by molar-refractivity contribution is -0.597. The van der Waals surface area contributed by atoms with E-state index in [4.69, 9.17) is 0 Å². The summed E-state index contributed by atoms with van der Waals surface area (Å²) in [4.78, 5) is 0. The van der Waals surface area contributed by atoms with E-state index in [1.165, 1.54) is 100 Å². The van der Waals surface area contributed by atoms with E-state index in [1.54, 1.807) is 0 Å². The monoisotopic (exact) mass is 700 g/mol. The maximum atomic E-state index is 2.54. The van der Waals surface area contributed by atoms with Crippen LogP contribution < -0.4 is 9.13 Å². The number of benzene rings is 5. The molecule has 264 valence electrons. The van der Waals surface area contributed by atoms with Crippen LogP contribution in [0.1, 0.15) is 88.8 Å². The van der Waals surface area contributed by atoms with Crippen molar-refractivity contribution in [3.05, 3.63) is 167 Å². The highest BCUT2D eigenvalue weighted by Crippen LogP contribution is 2.54. The molecular formula is C52H48N2+2. The predicted octanol–water partition coefficient (Wildman–Crippen LogP) is 12.1. The first-order chi connectivity index (χ1) is 25.8. The summed E-state index contributed by atoms with van der Waals surface area (Å²) in [6.45, 7) is 18.8. The van der Waals surface area contributed by atoms with Crippen LogP contribution in [0.3, 0.4) is 0 Å². The molecule has 0 N–H and O–H groups in total. The molecule has 0 spiro atoms. The molecule has 0 amide bonds. The molecule has 0 unspecified atom stereocenters. The van der Waals surface area contributed by atoms with E-state index < -0.39 is 0 Å². The molecule has 0 saturated carbocycles. The molecule has 0 atom stereocenters. The fourth-order valence-electron chi connectivity index (χ4n) is 9.50. The molecule has 3 aliphatic rings. The minimum Gasteiger partial charge on any atom is -0.158 e. The van der Waals surface area contributed by atoms with Gasteiger partial charge in [-0.1, -0.05) is 134 Å². The Balaban J connectivity index is 1.27. The van der Waals surface area contributed by atoms with Crippen LogP contribution in [0.25, 0.3) is 66.9 Å². The third-order valence-electron chi connectivity index (χ3n) is 12.5. The second-order valence-electron chi connectivity index (χ2n) is 18.3. The Morgan fingerprint density at radius 1 is 0.519 bits per heavy atom. The highest BCUT2D eigenvalue weighted by molar-refractivity contribution is 6.00. The van der Waals surface area contributed by atoms with Gasteiger partial charge in [0.2, 0.25) is 11.4 Å². The van der Waals surface area contributed by atoms with Gasteiger partial charge in [-0.25, -0.2) is 0 Å². The van der Waals surface area contributed by atoms with Gasteiger partial charge in [-0.3, -0.25) is 0 Å². The zero-order valence-corrected chi connectivity index (χ0v) is 32.8. The molecule has 2 heteroatoms. The molecule has 2 nitrogen and oxygen atoms in total. The van der Waals surface area contributed by atoms with Crippen LogP contribution in [0, 0.1) is 0 Å². The highest BCUT2D eigenvalue weighted by Gasteiger charge is 2.46. The topological polar surface area (TPSA) is 7.76 Å². The van der Waals surface area contributed by atoms with Gasteiger partial charge in [0.15, 0.2) is 12.4 Å². The molecule has 10 rings (SSSR count). The Kier molecular flexibility index (Phi) is 6.85. The van der Waals surface area contributed by atoms with Gasteiger partial charge in [-0.2, -0.15) is 9.13 Å². The summed E-state index contributed by atoms with van der Waals surface area (Å²) in [7, 11) is 0. The Bertz CT molecular complexity index is 2760. The summed E-state index contributed by atoms with van der Waals surface area (Å²) in [5.41, 5.74) is 21.1.